The second kappa shape index (κ2) is 11.1. The van der Waals surface area contributed by atoms with Crippen molar-refractivity contribution in [3.05, 3.63) is 83.9 Å². The van der Waals surface area contributed by atoms with Crippen molar-refractivity contribution in [1.82, 2.24) is 14.8 Å². The number of nitrogens with one attached hydrogen (secondary N) is 1. The number of nitrogens with zero attached hydrogens (tertiary/aromatic N) is 4. The van der Waals surface area contributed by atoms with Crippen molar-refractivity contribution in [3.63, 3.8) is 0 Å². The third-order valence-electron chi connectivity index (χ3n) is 4.54. The number of carbonyl (C=O) groups is 1. The molecule has 0 radical (unpaired) electrons. The van der Waals surface area contributed by atoms with Crippen LogP contribution >= 0.6 is 35.1 Å². The van der Waals surface area contributed by atoms with Gasteiger partial charge in [-0.15, -0.1) is 22.0 Å². The van der Waals surface area contributed by atoms with E-state index in [4.69, 9.17) is 16.9 Å². The summed E-state index contributed by atoms with van der Waals surface area (Å²) in [6.45, 7) is 0. The first-order valence-corrected chi connectivity index (χ1v) is 12.3. The second-order valence-electron chi connectivity index (χ2n) is 6.76. The Kier molecular flexibility index (Phi) is 7.68. The monoisotopic (exact) mass is 491 g/mol. The lowest BCUT2D eigenvalue weighted by Gasteiger charge is -2.11. The fourth-order valence-electron chi connectivity index (χ4n) is 3.08. The van der Waals surface area contributed by atoms with Crippen LogP contribution in [-0.4, -0.2) is 32.2 Å². The molecule has 1 amide bonds. The Labute approximate surface area is 205 Å². The molecule has 0 saturated carbocycles. The molecule has 1 aromatic heterocycles. The largest absolute Gasteiger partial charge is 0.324 e. The average Bonchev–Trinajstić information content (AvgIpc) is 3.27. The summed E-state index contributed by atoms with van der Waals surface area (Å²) in [4.78, 5) is 13.6. The minimum absolute atomic E-state index is 0.156. The lowest BCUT2D eigenvalue weighted by Crippen LogP contribution is -2.15. The molecule has 4 aromatic rings. The Bertz CT molecular complexity index is 1290. The molecule has 0 bridgehead atoms. The summed E-state index contributed by atoms with van der Waals surface area (Å²) in [5.74, 6) is 0.970. The number of halogens is 1. The molecule has 33 heavy (non-hydrogen) atoms. The van der Waals surface area contributed by atoms with Crippen LogP contribution in [0.15, 0.2) is 88.9 Å². The van der Waals surface area contributed by atoms with Crippen molar-refractivity contribution in [2.24, 2.45) is 0 Å². The number of benzene rings is 3. The van der Waals surface area contributed by atoms with E-state index in [9.17, 15) is 4.79 Å². The van der Waals surface area contributed by atoms with Crippen LogP contribution in [0.3, 0.4) is 0 Å². The van der Waals surface area contributed by atoms with Crippen molar-refractivity contribution in [1.29, 1.82) is 5.26 Å². The molecule has 0 aliphatic rings. The Morgan fingerprint density at radius 2 is 1.70 bits per heavy atom. The maximum atomic E-state index is 12.7. The molecule has 0 aliphatic heterocycles. The highest BCUT2D eigenvalue weighted by Crippen LogP contribution is 2.30. The van der Waals surface area contributed by atoms with Gasteiger partial charge in [-0.25, -0.2) is 0 Å². The van der Waals surface area contributed by atoms with E-state index in [2.05, 4.69) is 21.6 Å². The number of amides is 1. The van der Waals surface area contributed by atoms with Gasteiger partial charge in [0.05, 0.1) is 23.3 Å². The Morgan fingerprint density at radius 1 is 0.970 bits per heavy atom. The zero-order valence-corrected chi connectivity index (χ0v) is 19.7. The molecule has 0 atom stereocenters. The Hall–Kier alpha value is -3.25. The summed E-state index contributed by atoms with van der Waals surface area (Å²) in [5, 5.41) is 21.8. The molecule has 6 nitrogen and oxygen atoms in total. The van der Waals surface area contributed by atoms with E-state index in [0.29, 0.717) is 27.4 Å². The van der Waals surface area contributed by atoms with Gasteiger partial charge in [0.25, 0.3) is 0 Å². The summed E-state index contributed by atoms with van der Waals surface area (Å²) in [6, 6.07) is 26.7. The van der Waals surface area contributed by atoms with Crippen molar-refractivity contribution >= 4 is 46.7 Å². The van der Waals surface area contributed by atoms with Crippen LogP contribution in [0.4, 0.5) is 5.69 Å². The minimum atomic E-state index is -0.166. The number of rotatable bonds is 8. The highest BCUT2D eigenvalue weighted by molar-refractivity contribution is 8.00. The fourth-order valence-corrected chi connectivity index (χ4v) is 4.63. The number of anilines is 1. The minimum Gasteiger partial charge on any atom is -0.324 e. The van der Waals surface area contributed by atoms with E-state index >= 15 is 0 Å². The highest BCUT2D eigenvalue weighted by Gasteiger charge is 2.17. The molecule has 9 heteroatoms. The third kappa shape index (κ3) is 5.76. The molecule has 0 saturated heterocycles. The van der Waals surface area contributed by atoms with Crippen LogP contribution in [0.25, 0.3) is 17.1 Å². The molecule has 164 valence electrons. The van der Waals surface area contributed by atoms with Crippen molar-refractivity contribution in [3.8, 4) is 23.1 Å². The normalized spacial score (nSPS) is 10.5. The van der Waals surface area contributed by atoms with Gasteiger partial charge in [-0.1, -0.05) is 53.7 Å². The lowest BCUT2D eigenvalue weighted by atomic mass is 10.2. The number of aromatic nitrogens is 3. The van der Waals surface area contributed by atoms with E-state index in [1.165, 1.54) is 23.5 Å². The number of hydrogen-bond donors (Lipinski definition) is 1. The van der Waals surface area contributed by atoms with E-state index in [-0.39, 0.29) is 11.7 Å². The zero-order chi connectivity index (χ0) is 23.0. The quantitative estimate of drug-likeness (QED) is 0.307. The van der Waals surface area contributed by atoms with Gasteiger partial charge in [0.2, 0.25) is 5.91 Å². The number of nitriles is 1. The van der Waals surface area contributed by atoms with Gasteiger partial charge in [0.1, 0.15) is 0 Å². The Morgan fingerprint density at radius 3 is 2.45 bits per heavy atom. The van der Waals surface area contributed by atoms with Crippen LogP contribution in [0.2, 0.25) is 5.02 Å². The molecule has 0 unspecified atom stereocenters. The van der Waals surface area contributed by atoms with Gasteiger partial charge >= 0.3 is 0 Å². The number of thioether (sulfide) groups is 2. The summed E-state index contributed by atoms with van der Waals surface area (Å²) >= 11 is 8.73. The smallest absolute Gasteiger partial charge is 0.234 e. The molecule has 1 N–H and O–H groups in total. The van der Waals surface area contributed by atoms with Gasteiger partial charge in [-0.05, 0) is 48.5 Å². The van der Waals surface area contributed by atoms with Gasteiger partial charge in [-0.2, -0.15) is 5.26 Å². The van der Waals surface area contributed by atoms with Gasteiger partial charge in [-0.3, -0.25) is 9.36 Å². The van der Waals surface area contributed by atoms with Crippen LogP contribution in [-0.2, 0) is 4.79 Å². The van der Waals surface area contributed by atoms with Crippen LogP contribution < -0.4 is 5.32 Å². The summed E-state index contributed by atoms with van der Waals surface area (Å²) in [5.41, 5.74) is 2.46. The predicted molar refractivity (Wildman–Crippen MR) is 134 cm³/mol. The van der Waals surface area contributed by atoms with E-state index in [1.54, 1.807) is 0 Å². The highest BCUT2D eigenvalue weighted by atomic mass is 35.5. The van der Waals surface area contributed by atoms with Crippen LogP contribution in [0.5, 0.6) is 0 Å². The molecular weight excluding hydrogens is 474 g/mol. The molecule has 1 heterocycles. The first-order chi connectivity index (χ1) is 16.2. The lowest BCUT2D eigenvalue weighted by molar-refractivity contribution is -0.113. The van der Waals surface area contributed by atoms with E-state index in [1.807, 2.05) is 83.4 Å². The number of hydrogen-bond acceptors (Lipinski definition) is 6. The molecule has 4 rings (SSSR count). The number of para-hydroxylation sites is 2. The molecule has 3 aromatic carbocycles. The van der Waals surface area contributed by atoms with Crippen molar-refractivity contribution in [2.75, 3.05) is 16.8 Å². The van der Waals surface area contributed by atoms with E-state index < -0.39 is 0 Å². The van der Waals surface area contributed by atoms with E-state index in [0.717, 1.165) is 16.1 Å². The standard InChI is InChI=1S/C24H18ClN5OS2/c25-18-12-10-17(11-13-18)23-28-29-24(30(23)19-6-2-1-3-7-19)33-16-22(31)27-20-8-4-5-9-21(20)32-15-14-26/h1-13H,15-16H2,(H,27,31). The fraction of sp³-hybridized carbons (Fsp3) is 0.0833. The van der Waals surface area contributed by atoms with Crippen molar-refractivity contribution in [2.45, 2.75) is 10.1 Å². The zero-order valence-electron chi connectivity index (χ0n) is 17.3. The summed E-state index contributed by atoms with van der Waals surface area (Å²) < 4.78 is 1.93. The summed E-state index contributed by atoms with van der Waals surface area (Å²) in [6.07, 6.45) is 0. The molecular formula is C24H18ClN5OS2. The second-order valence-corrected chi connectivity index (χ2v) is 9.16. The van der Waals surface area contributed by atoms with Crippen LogP contribution in [0.1, 0.15) is 0 Å². The van der Waals surface area contributed by atoms with Crippen LogP contribution in [0, 0.1) is 11.3 Å². The van der Waals surface area contributed by atoms with Gasteiger partial charge in [0.15, 0.2) is 11.0 Å². The first kappa shape index (κ1) is 22.9. The predicted octanol–water partition coefficient (Wildman–Crippen LogP) is 5.93. The third-order valence-corrected chi connectivity index (χ3v) is 6.66. The van der Waals surface area contributed by atoms with Gasteiger partial charge in [0, 0.05) is 21.2 Å². The maximum absolute atomic E-state index is 12.7. The number of carbonyl (C=O) groups excluding carboxylic acids is 1. The van der Waals surface area contributed by atoms with Gasteiger partial charge < -0.3 is 5.32 Å². The molecule has 0 aliphatic carbocycles. The molecule has 0 fully saturated rings. The first-order valence-electron chi connectivity index (χ1n) is 9.94. The Balaban J connectivity index is 1.55. The SMILES string of the molecule is N#CCSc1ccccc1NC(=O)CSc1nnc(-c2ccc(Cl)cc2)n1-c1ccccc1. The average molecular weight is 492 g/mol. The summed E-state index contributed by atoms with van der Waals surface area (Å²) in [7, 11) is 0. The van der Waals surface area contributed by atoms with Crippen molar-refractivity contribution < 1.29 is 4.79 Å². The molecule has 0 spiro atoms. The topological polar surface area (TPSA) is 83.6 Å². The maximum Gasteiger partial charge on any atom is 0.234 e.